The summed E-state index contributed by atoms with van der Waals surface area (Å²) in [6.45, 7) is 1.83. The third-order valence-corrected chi connectivity index (χ3v) is 5.25. The molecule has 0 saturated carbocycles. The monoisotopic (exact) mass is 407 g/mol. The molecule has 2 aromatic carbocycles. The molecule has 25 heavy (non-hydrogen) atoms. The lowest BCUT2D eigenvalue weighted by Crippen LogP contribution is -2.24. The van der Waals surface area contributed by atoms with Gasteiger partial charge in [0.1, 0.15) is 0 Å². The Hall–Kier alpha value is -1.37. The first-order valence-corrected chi connectivity index (χ1v) is 8.94. The molecule has 134 valence electrons. The highest BCUT2D eigenvalue weighted by atomic mass is 35.5. The standard InChI is InChI=1S/C17H14Cl2F3NOS/c1-2-15(25-12-6-3-10(18)4-7-12)16(24)23-11-5-8-14(19)13(9-11)17(20,21)22/h3-9,15H,2H2,1H3,(H,23,24). The molecule has 0 radical (unpaired) electrons. The number of alkyl halides is 3. The average Bonchev–Trinajstić information content (AvgIpc) is 2.55. The molecule has 8 heteroatoms. The molecule has 0 aliphatic carbocycles. The molecule has 1 atom stereocenters. The minimum Gasteiger partial charge on any atom is -0.325 e. The molecule has 0 fully saturated rings. The number of halogens is 5. The number of hydrogen-bond acceptors (Lipinski definition) is 2. The zero-order valence-electron chi connectivity index (χ0n) is 13.0. The van der Waals surface area contributed by atoms with Crippen LogP contribution in [0.5, 0.6) is 0 Å². The molecule has 1 unspecified atom stereocenters. The molecular weight excluding hydrogens is 394 g/mol. The molecule has 2 aromatic rings. The summed E-state index contributed by atoms with van der Waals surface area (Å²) in [5, 5.41) is 2.24. The Morgan fingerprint density at radius 2 is 1.80 bits per heavy atom. The molecular formula is C17H14Cl2F3NOS. The first-order valence-electron chi connectivity index (χ1n) is 7.30. The van der Waals surface area contributed by atoms with Crippen molar-refractivity contribution in [2.45, 2.75) is 29.7 Å². The van der Waals surface area contributed by atoms with Crippen molar-refractivity contribution >= 4 is 46.6 Å². The molecule has 1 amide bonds. The van der Waals surface area contributed by atoms with E-state index in [1.165, 1.54) is 17.8 Å². The SMILES string of the molecule is CCC(Sc1ccc(Cl)cc1)C(=O)Nc1ccc(Cl)c(C(F)(F)F)c1. The van der Waals surface area contributed by atoms with Gasteiger partial charge >= 0.3 is 6.18 Å². The highest BCUT2D eigenvalue weighted by Crippen LogP contribution is 2.36. The van der Waals surface area contributed by atoms with E-state index in [2.05, 4.69) is 5.32 Å². The van der Waals surface area contributed by atoms with E-state index >= 15 is 0 Å². The van der Waals surface area contributed by atoms with Crippen molar-refractivity contribution in [3.63, 3.8) is 0 Å². The van der Waals surface area contributed by atoms with Crippen LogP contribution in [0.3, 0.4) is 0 Å². The summed E-state index contributed by atoms with van der Waals surface area (Å²) in [6.07, 6.45) is -4.07. The van der Waals surface area contributed by atoms with Crippen molar-refractivity contribution in [2.75, 3.05) is 5.32 Å². The summed E-state index contributed by atoms with van der Waals surface area (Å²) in [7, 11) is 0. The molecule has 0 aromatic heterocycles. The number of hydrogen-bond donors (Lipinski definition) is 1. The van der Waals surface area contributed by atoms with Crippen molar-refractivity contribution in [3.05, 3.63) is 58.1 Å². The van der Waals surface area contributed by atoms with Gasteiger partial charge < -0.3 is 5.32 Å². The van der Waals surface area contributed by atoms with Crippen LogP contribution in [0.15, 0.2) is 47.4 Å². The van der Waals surface area contributed by atoms with Gasteiger partial charge in [-0.05, 0) is 48.9 Å². The maximum absolute atomic E-state index is 12.9. The normalized spacial score (nSPS) is 12.7. The first-order chi connectivity index (χ1) is 11.7. The molecule has 2 nitrogen and oxygen atoms in total. The lowest BCUT2D eigenvalue weighted by atomic mass is 10.2. The smallest absolute Gasteiger partial charge is 0.325 e. The number of carbonyl (C=O) groups is 1. The number of carbonyl (C=O) groups excluding carboxylic acids is 1. The van der Waals surface area contributed by atoms with Crippen LogP contribution in [0.4, 0.5) is 18.9 Å². The van der Waals surface area contributed by atoms with Crippen molar-refractivity contribution in [1.29, 1.82) is 0 Å². The number of nitrogens with one attached hydrogen (secondary N) is 1. The second-order valence-corrected chi connectivity index (χ2v) is 7.27. The van der Waals surface area contributed by atoms with E-state index in [4.69, 9.17) is 23.2 Å². The number of anilines is 1. The summed E-state index contributed by atoms with van der Waals surface area (Å²) in [5.41, 5.74) is -0.928. The Morgan fingerprint density at radius 1 is 1.16 bits per heavy atom. The van der Waals surface area contributed by atoms with Crippen molar-refractivity contribution in [3.8, 4) is 0 Å². The van der Waals surface area contributed by atoms with Crippen LogP contribution in [0.1, 0.15) is 18.9 Å². The minimum absolute atomic E-state index is 0.0527. The summed E-state index contributed by atoms with van der Waals surface area (Å²) >= 11 is 12.7. The van der Waals surface area contributed by atoms with E-state index in [9.17, 15) is 18.0 Å². The van der Waals surface area contributed by atoms with E-state index < -0.39 is 22.0 Å². The van der Waals surface area contributed by atoms with Gasteiger partial charge in [0.15, 0.2) is 0 Å². The second-order valence-electron chi connectivity index (χ2n) is 5.15. The van der Waals surface area contributed by atoms with Gasteiger partial charge in [-0.15, -0.1) is 11.8 Å². The first kappa shape index (κ1) is 19.9. The molecule has 0 spiro atoms. The number of benzene rings is 2. The Balaban J connectivity index is 2.12. The topological polar surface area (TPSA) is 29.1 Å². The maximum atomic E-state index is 12.9. The summed E-state index contributed by atoms with van der Waals surface area (Å²) in [5.74, 6) is -0.377. The molecule has 1 N–H and O–H groups in total. The van der Waals surface area contributed by atoms with Gasteiger partial charge in [-0.1, -0.05) is 30.1 Å². The zero-order chi connectivity index (χ0) is 18.6. The largest absolute Gasteiger partial charge is 0.417 e. The predicted octanol–water partition coefficient (Wildman–Crippen LogP) is 6.52. The molecule has 0 bridgehead atoms. The Bertz CT molecular complexity index is 751. The summed E-state index contributed by atoms with van der Waals surface area (Å²) in [4.78, 5) is 13.2. The van der Waals surface area contributed by atoms with Crippen LogP contribution in [0, 0.1) is 0 Å². The Kier molecular flexibility index (Phi) is 6.65. The molecule has 0 heterocycles. The highest BCUT2D eigenvalue weighted by molar-refractivity contribution is 8.00. The predicted molar refractivity (Wildman–Crippen MR) is 96.5 cm³/mol. The van der Waals surface area contributed by atoms with Crippen LogP contribution in [-0.4, -0.2) is 11.2 Å². The van der Waals surface area contributed by atoms with Crippen molar-refractivity contribution in [1.82, 2.24) is 0 Å². The van der Waals surface area contributed by atoms with E-state index in [0.29, 0.717) is 11.4 Å². The van der Waals surface area contributed by atoms with Gasteiger partial charge in [-0.3, -0.25) is 4.79 Å². The van der Waals surface area contributed by atoms with E-state index in [0.717, 1.165) is 17.0 Å². The fourth-order valence-corrected chi connectivity index (χ4v) is 3.35. The fourth-order valence-electron chi connectivity index (χ4n) is 2.04. The Morgan fingerprint density at radius 3 is 2.36 bits per heavy atom. The van der Waals surface area contributed by atoms with Gasteiger partial charge in [0, 0.05) is 15.6 Å². The van der Waals surface area contributed by atoms with Crippen LogP contribution < -0.4 is 5.32 Å². The molecule has 2 rings (SSSR count). The second kappa shape index (κ2) is 8.34. The minimum atomic E-state index is -4.58. The number of thioether (sulfide) groups is 1. The van der Waals surface area contributed by atoms with Gasteiger partial charge in [-0.25, -0.2) is 0 Å². The third-order valence-electron chi connectivity index (χ3n) is 3.29. The van der Waals surface area contributed by atoms with Crippen LogP contribution in [-0.2, 0) is 11.0 Å². The van der Waals surface area contributed by atoms with Gasteiger partial charge in [0.25, 0.3) is 0 Å². The number of amides is 1. The fraction of sp³-hybridized carbons (Fsp3) is 0.235. The third kappa shape index (κ3) is 5.56. The summed E-state index contributed by atoms with van der Waals surface area (Å²) < 4.78 is 38.7. The number of rotatable bonds is 5. The quantitative estimate of drug-likeness (QED) is 0.571. The van der Waals surface area contributed by atoms with Gasteiger partial charge in [0.2, 0.25) is 5.91 Å². The lowest BCUT2D eigenvalue weighted by molar-refractivity contribution is -0.137. The molecule has 0 saturated heterocycles. The molecule has 0 aliphatic rings. The lowest BCUT2D eigenvalue weighted by Gasteiger charge is -2.16. The Labute approximate surface area is 157 Å². The van der Waals surface area contributed by atoms with Crippen molar-refractivity contribution in [2.24, 2.45) is 0 Å². The van der Waals surface area contributed by atoms with E-state index in [-0.39, 0.29) is 11.6 Å². The van der Waals surface area contributed by atoms with Crippen LogP contribution >= 0.6 is 35.0 Å². The van der Waals surface area contributed by atoms with Gasteiger partial charge in [0.05, 0.1) is 15.8 Å². The van der Waals surface area contributed by atoms with E-state index in [1.54, 1.807) is 24.3 Å². The summed E-state index contributed by atoms with van der Waals surface area (Å²) in [6, 6.07) is 10.3. The zero-order valence-corrected chi connectivity index (χ0v) is 15.4. The van der Waals surface area contributed by atoms with Crippen molar-refractivity contribution < 1.29 is 18.0 Å². The van der Waals surface area contributed by atoms with Crippen LogP contribution in [0.2, 0.25) is 10.0 Å². The highest BCUT2D eigenvalue weighted by Gasteiger charge is 2.33. The molecule has 0 aliphatic heterocycles. The van der Waals surface area contributed by atoms with Gasteiger partial charge in [-0.2, -0.15) is 13.2 Å². The van der Waals surface area contributed by atoms with E-state index in [1.807, 2.05) is 6.92 Å². The average molecular weight is 408 g/mol. The van der Waals surface area contributed by atoms with Crippen LogP contribution in [0.25, 0.3) is 0 Å². The maximum Gasteiger partial charge on any atom is 0.417 e.